The molecule has 0 bridgehead atoms. The van der Waals surface area contributed by atoms with Crippen LogP contribution in [0, 0.1) is 0 Å². The summed E-state index contributed by atoms with van der Waals surface area (Å²) in [5, 5.41) is 16.2. The molecule has 0 amide bonds. The van der Waals surface area contributed by atoms with Gasteiger partial charge in [0.15, 0.2) is 6.67 Å². The molecule has 0 aromatic carbocycles. The summed E-state index contributed by atoms with van der Waals surface area (Å²) in [4.78, 5) is 24.2. The molecular formula is C7H12N2O5. The molecule has 0 saturated heterocycles. The van der Waals surface area contributed by atoms with Crippen molar-refractivity contribution in [3.05, 3.63) is 0 Å². The average molecular weight is 204 g/mol. The summed E-state index contributed by atoms with van der Waals surface area (Å²) in [5.41, 5.74) is 0. The molecule has 2 N–H and O–H groups in total. The summed E-state index contributed by atoms with van der Waals surface area (Å²) in [6, 6.07) is 0. The number of aliphatic hydroxyl groups is 2. The van der Waals surface area contributed by atoms with Crippen LogP contribution in [-0.4, -0.2) is 55.5 Å². The van der Waals surface area contributed by atoms with Crippen molar-refractivity contribution in [1.29, 1.82) is 0 Å². The Labute approximate surface area is 80.8 Å². The van der Waals surface area contributed by atoms with Crippen LogP contribution in [0.1, 0.15) is 0 Å². The van der Waals surface area contributed by atoms with E-state index in [1.54, 1.807) is 0 Å². The number of nitrogens with zero attached hydrogens (tertiary/aromatic N) is 2. The first-order valence-electron chi connectivity index (χ1n) is 3.70. The molecule has 0 rings (SSSR count). The van der Waals surface area contributed by atoms with E-state index in [-0.39, 0.29) is 19.9 Å². The Morgan fingerprint density at radius 2 is 1.43 bits per heavy atom. The van der Waals surface area contributed by atoms with Gasteiger partial charge in [0.25, 0.3) is 0 Å². The van der Waals surface area contributed by atoms with Crippen LogP contribution in [0.2, 0.25) is 0 Å². The lowest BCUT2D eigenvalue weighted by Gasteiger charge is -1.94. The number of hydrogen-bond acceptors (Lipinski definition) is 7. The second-order valence-corrected chi connectivity index (χ2v) is 1.70. The molecule has 0 saturated carbocycles. The number of aliphatic hydroxyl groups excluding tert-OH is 2. The maximum absolute atomic E-state index is 9.20. The van der Waals surface area contributed by atoms with E-state index in [1.165, 1.54) is 12.2 Å². The molecule has 0 radical (unpaired) electrons. The van der Waals surface area contributed by atoms with Crippen LogP contribution in [-0.2, 0) is 14.3 Å². The van der Waals surface area contributed by atoms with Crippen molar-refractivity contribution < 1.29 is 24.5 Å². The van der Waals surface area contributed by atoms with Gasteiger partial charge in [-0.2, -0.15) is 9.98 Å². The lowest BCUT2D eigenvalue weighted by atomic mass is 10.7. The lowest BCUT2D eigenvalue weighted by Crippen LogP contribution is -2.03. The summed E-state index contributed by atoms with van der Waals surface area (Å²) < 4.78 is 4.63. The number of ether oxygens (including phenoxy) is 1. The summed E-state index contributed by atoms with van der Waals surface area (Å²) in [5.74, 6) is 0. The molecule has 0 aliphatic carbocycles. The van der Waals surface area contributed by atoms with E-state index in [1.807, 2.05) is 0 Å². The van der Waals surface area contributed by atoms with E-state index < -0.39 is 0 Å². The van der Waals surface area contributed by atoms with E-state index in [0.29, 0.717) is 13.2 Å². The molecule has 0 spiro atoms. The van der Waals surface area contributed by atoms with Gasteiger partial charge in [0, 0.05) is 0 Å². The summed E-state index contributed by atoms with van der Waals surface area (Å²) in [6.45, 7) is 0.536. The lowest BCUT2D eigenvalue weighted by molar-refractivity contribution is 0.0650. The first-order chi connectivity index (χ1) is 6.83. The van der Waals surface area contributed by atoms with E-state index in [4.69, 9.17) is 10.2 Å². The van der Waals surface area contributed by atoms with Crippen molar-refractivity contribution in [3.8, 4) is 0 Å². The van der Waals surface area contributed by atoms with Gasteiger partial charge in [-0.25, -0.2) is 9.59 Å². The predicted octanol–water partition coefficient (Wildman–Crippen LogP) is -1.40. The first-order valence-corrected chi connectivity index (χ1v) is 3.70. The van der Waals surface area contributed by atoms with E-state index in [9.17, 15) is 9.59 Å². The van der Waals surface area contributed by atoms with Crippen LogP contribution in [0.3, 0.4) is 0 Å². The predicted molar refractivity (Wildman–Crippen MR) is 46.1 cm³/mol. The van der Waals surface area contributed by atoms with Crippen molar-refractivity contribution in [2.45, 2.75) is 0 Å². The Hall–Kier alpha value is -1.36. The van der Waals surface area contributed by atoms with Gasteiger partial charge in [-0.05, 0) is 0 Å². The van der Waals surface area contributed by atoms with Gasteiger partial charge in [0.1, 0.15) is 0 Å². The molecule has 0 unspecified atom stereocenters. The maximum atomic E-state index is 9.20. The van der Waals surface area contributed by atoms with Gasteiger partial charge in [-0.3, -0.25) is 0 Å². The molecule has 0 atom stereocenters. The zero-order valence-corrected chi connectivity index (χ0v) is 7.55. The maximum Gasteiger partial charge on any atom is 0.236 e. The molecule has 0 heterocycles. The van der Waals surface area contributed by atoms with Gasteiger partial charge in [-0.15, -0.1) is 0 Å². The SMILES string of the molecule is O=C=NCN=C=O.OCCOCCO. The molecular weight excluding hydrogens is 192 g/mol. The third-order valence-electron chi connectivity index (χ3n) is 0.742. The Morgan fingerprint density at radius 1 is 1.00 bits per heavy atom. The minimum atomic E-state index is -0.160. The molecule has 0 aliphatic rings. The van der Waals surface area contributed by atoms with Gasteiger partial charge < -0.3 is 14.9 Å². The highest BCUT2D eigenvalue weighted by Crippen LogP contribution is 1.68. The molecule has 80 valence electrons. The Morgan fingerprint density at radius 3 is 1.71 bits per heavy atom. The number of rotatable bonds is 6. The molecule has 0 aromatic rings. The minimum absolute atomic E-state index is 0.0278. The zero-order valence-electron chi connectivity index (χ0n) is 7.55. The normalized spacial score (nSPS) is 7.57. The topological polar surface area (TPSA) is 109 Å². The monoisotopic (exact) mass is 204 g/mol. The highest BCUT2D eigenvalue weighted by Gasteiger charge is 1.79. The number of hydrogen-bond donors (Lipinski definition) is 2. The van der Waals surface area contributed by atoms with Crippen molar-refractivity contribution in [2.24, 2.45) is 9.98 Å². The third-order valence-corrected chi connectivity index (χ3v) is 0.742. The summed E-state index contributed by atoms with van der Waals surface area (Å²) in [6.07, 6.45) is 2.41. The number of isocyanates is 2. The fourth-order valence-electron chi connectivity index (χ4n) is 0.324. The molecule has 7 heteroatoms. The largest absolute Gasteiger partial charge is 0.394 e. The fraction of sp³-hybridized carbons (Fsp3) is 0.714. The Balaban J connectivity index is 0. The van der Waals surface area contributed by atoms with Crippen LogP contribution in [0.5, 0.6) is 0 Å². The molecule has 7 nitrogen and oxygen atoms in total. The number of aliphatic imine (C=N–C) groups is 2. The average Bonchev–Trinajstić information content (AvgIpc) is 2.21. The Kier molecular flexibility index (Phi) is 19.1. The summed E-state index contributed by atoms with van der Waals surface area (Å²) >= 11 is 0. The van der Waals surface area contributed by atoms with Crippen LogP contribution in [0.15, 0.2) is 9.98 Å². The van der Waals surface area contributed by atoms with Crippen molar-refractivity contribution in [3.63, 3.8) is 0 Å². The second-order valence-electron chi connectivity index (χ2n) is 1.70. The van der Waals surface area contributed by atoms with Crippen LogP contribution in [0.4, 0.5) is 0 Å². The summed E-state index contributed by atoms with van der Waals surface area (Å²) in [7, 11) is 0. The van der Waals surface area contributed by atoms with Crippen LogP contribution >= 0.6 is 0 Å². The van der Waals surface area contributed by atoms with Gasteiger partial charge in [0.2, 0.25) is 12.2 Å². The van der Waals surface area contributed by atoms with Gasteiger partial charge in [-0.1, -0.05) is 0 Å². The second kappa shape index (κ2) is 17.7. The van der Waals surface area contributed by atoms with Crippen LogP contribution < -0.4 is 0 Å². The van der Waals surface area contributed by atoms with E-state index >= 15 is 0 Å². The van der Waals surface area contributed by atoms with E-state index in [0.717, 1.165) is 0 Å². The molecule has 14 heavy (non-hydrogen) atoms. The zero-order chi connectivity index (χ0) is 11.1. The quantitative estimate of drug-likeness (QED) is 0.314. The number of carbonyl (C=O) groups excluding carboxylic acids is 2. The van der Waals surface area contributed by atoms with Crippen molar-refractivity contribution >= 4 is 12.2 Å². The highest BCUT2D eigenvalue weighted by atomic mass is 16.5. The van der Waals surface area contributed by atoms with Gasteiger partial charge >= 0.3 is 0 Å². The smallest absolute Gasteiger partial charge is 0.236 e. The van der Waals surface area contributed by atoms with E-state index in [2.05, 4.69) is 14.7 Å². The van der Waals surface area contributed by atoms with Crippen molar-refractivity contribution in [1.82, 2.24) is 0 Å². The minimum Gasteiger partial charge on any atom is -0.394 e. The highest BCUT2D eigenvalue weighted by molar-refractivity contribution is 5.35. The Bertz CT molecular complexity index is 176. The molecule has 0 aliphatic heterocycles. The van der Waals surface area contributed by atoms with Crippen molar-refractivity contribution in [2.75, 3.05) is 33.1 Å². The first kappa shape index (κ1) is 15.1. The molecule has 0 aromatic heterocycles. The molecule has 0 fully saturated rings. The standard InChI is InChI=1S/C4H10O3.C3H2N2O2/c5-1-3-7-4-2-6;6-2-4-1-5-3-7/h5-6H,1-4H2;1H2. The van der Waals surface area contributed by atoms with Crippen LogP contribution in [0.25, 0.3) is 0 Å². The van der Waals surface area contributed by atoms with Gasteiger partial charge in [0.05, 0.1) is 26.4 Å². The fourth-order valence-corrected chi connectivity index (χ4v) is 0.324. The third kappa shape index (κ3) is 22.4.